The summed E-state index contributed by atoms with van der Waals surface area (Å²) < 4.78 is 26.4. The standard InChI is InChI=1S/C20H16F2N2O2S/c21-15-9-8-14(12-16(15)22)23-19(25)17(11-13-5-2-1-3-6-13)24-20(26)18-7-4-10-27-18/h1-10,12,17H,11H2,(H,23,25)(H,24,26)/t17-/m0/s1. The Morgan fingerprint density at radius 2 is 1.74 bits per heavy atom. The maximum Gasteiger partial charge on any atom is 0.262 e. The molecule has 2 amide bonds. The van der Waals surface area contributed by atoms with Gasteiger partial charge < -0.3 is 10.6 Å². The van der Waals surface area contributed by atoms with Crippen LogP contribution < -0.4 is 10.6 Å². The Morgan fingerprint density at radius 1 is 0.963 bits per heavy atom. The molecule has 138 valence electrons. The molecule has 0 unspecified atom stereocenters. The first-order valence-electron chi connectivity index (χ1n) is 8.17. The Hall–Kier alpha value is -3.06. The van der Waals surface area contributed by atoms with Crippen LogP contribution in [0.5, 0.6) is 0 Å². The molecular formula is C20H16F2N2O2S. The van der Waals surface area contributed by atoms with E-state index < -0.39 is 23.6 Å². The molecule has 0 bridgehead atoms. The maximum atomic E-state index is 13.4. The molecule has 0 spiro atoms. The lowest BCUT2D eigenvalue weighted by molar-refractivity contribution is -0.118. The molecule has 0 aliphatic heterocycles. The molecule has 1 aromatic heterocycles. The summed E-state index contributed by atoms with van der Waals surface area (Å²) in [6.07, 6.45) is 0.257. The topological polar surface area (TPSA) is 58.2 Å². The predicted octanol–water partition coefficient (Wildman–Crippen LogP) is 4.01. The van der Waals surface area contributed by atoms with Gasteiger partial charge in [0.15, 0.2) is 11.6 Å². The van der Waals surface area contributed by atoms with Crippen molar-refractivity contribution in [1.82, 2.24) is 5.32 Å². The van der Waals surface area contributed by atoms with Gasteiger partial charge in [-0.15, -0.1) is 11.3 Å². The van der Waals surface area contributed by atoms with E-state index >= 15 is 0 Å². The zero-order valence-electron chi connectivity index (χ0n) is 14.1. The van der Waals surface area contributed by atoms with E-state index in [0.717, 1.165) is 17.7 Å². The molecule has 0 fully saturated rings. The molecular weight excluding hydrogens is 370 g/mol. The number of nitrogens with one attached hydrogen (secondary N) is 2. The van der Waals surface area contributed by atoms with Crippen molar-refractivity contribution in [2.24, 2.45) is 0 Å². The lowest BCUT2D eigenvalue weighted by atomic mass is 10.0. The Kier molecular flexibility index (Phi) is 5.93. The first kappa shape index (κ1) is 18.7. The van der Waals surface area contributed by atoms with Crippen molar-refractivity contribution in [2.45, 2.75) is 12.5 Å². The Balaban J connectivity index is 1.77. The number of anilines is 1. The number of rotatable bonds is 6. The Bertz CT molecular complexity index is 930. The van der Waals surface area contributed by atoms with Crippen LogP contribution in [0.3, 0.4) is 0 Å². The minimum absolute atomic E-state index is 0.113. The monoisotopic (exact) mass is 386 g/mol. The molecule has 0 aliphatic rings. The van der Waals surface area contributed by atoms with Crippen LogP contribution in [0.25, 0.3) is 0 Å². The second-order valence-corrected chi connectivity index (χ2v) is 6.76. The van der Waals surface area contributed by atoms with Crippen LogP contribution >= 0.6 is 11.3 Å². The number of carbonyl (C=O) groups excluding carboxylic acids is 2. The normalized spacial score (nSPS) is 11.6. The van der Waals surface area contributed by atoms with Crippen molar-refractivity contribution in [1.29, 1.82) is 0 Å². The molecule has 3 rings (SSSR count). The number of carbonyl (C=O) groups is 2. The average Bonchev–Trinajstić information content (AvgIpc) is 3.20. The molecule has 27 heavy (non-hydrogen) atoms. The molecule has 2 N–H and O–H groups in total. The third-order valence-electron chi connectivity index (χ3n) is 3.84. The molecule has 0 saturated heterocycles. The fraction of sp³-hybridized carbons (Fsp3) is 0.100. The van der Waals surface area contributed by atoms with E-state index in [-0.39, 0.29) is 18.0 Å². The fourth-order valence-electron chi connectivity index (χ4n) is 2.50. The zero-order valence-corrected chi connectivity index (χ0v) is 14.9. The Labute approximate surface area is 158 Å². The van der Waals surface area contributed by atoms with Crippen LogP contribution in [0.4, 0.5) is 14.5 Å². The first-order valence-corrected chi connectivity index (χ1v) is 9.05. The van der Waals surface area contributed by atoms with Gasteiger partial charge in [0.1, 0.15) is 6.04 Å². The summed E-state index contributed by atoms with van der Waals surface area (Å²) in [6, 6.07) is 14.8. The number of thiophene rings is 1. The molecule has 1 atom stereocenters. The van der Waals surface area contributed by atoms with E-state index in [1.54, 1.807) is 17.5 Å². The quantitative estimate of drug-likeness (QED) is 0.673. The highest BCUT2D eigenvalue weighted by atomic mass is 32.1. The number of amides is 2. The summed E-state index contributed by atoms with van der Waals surface area (Å²) in [4.78, 5) is 25.5. The highest BCUT2D eigenvalue weighted by molar-refractivity contribution is 7.12. The first-order chi connectivity index (χ1) is 13.0. The van der Waals surface area contributed by atoms with Gasteiger partial charge in [0.05, 0.1) is 4.88 Å². The van der Waals surface area contributed by atoms with Crippen molar-refractivity contribution >= 4 is 28.8 Å². The number of halogens is 2. The van der Waals surface area contributed by atoms with Crippen LogP contribution in [0.15, 0.2) is 66.0 Å². The minimum Gasteiger partial charge on any atom is -0.339 e. The third kappa shape index (κ3) is 4.98. The van der Waals surface area contributed by atoms with Gasteiger partial charge in [-0.25, -0.2) is 8.78 Å². The van der Waals surface area contributed by atoms with E-state index in [9.17, 15) is 18.4 Å². The van der Waals surface area contributed by atoms with Gasteiger partial charge >= 0.3 is 0 Å². The third-order valence-corrected chi connectivity index (χ3v) is 4.71. The molecule has 3 aromatic rings. The Morgan fingerprint density at radius 3 is 2.41 bits per heavy atom. The summed E-state index contributed by atoms with van der Waals surface area (Å²) in [6.45, 7) is 0. The SMILES string of the molecule is O=C(N[C@@H](Cc1ccccc1)C(=O)Nc1ccc(F)c(F)c1)c1cccs1. The maximum absolute atomic E-state index is 13.4. The highest BCUT2D eigenvalue weighted by Gasteiger charge is 2.23. The largest absolute Gasteiger partial charge is 0.339 e. The van der Waals surface area contributed by atoms with E-state index in [2.05, 4.69) is 10.6 Å². The molecule has 1 heterocycles. The van der Waals surface area contributed by atoms with Gasteiger partial charge in [-0.2, -0.15) is 0 Å². The molecule has 2 aromatic carbocycles. The van der Waals surface area contributed by atoms with Gasteiger partial charge in [-0.05, 0) is 29.1 Å². The summed E-state index contributed by atoms with van der Waals surface area (Å²) in [7, 11) is 0. The van der Waals surface area contributed by atoms with Crippen LogP contribution in [0, 0.1) is 11.6 Å². The molecule has 4 nitrogen and oxygen atoms in total. The summed E-state index contributed by atoms with van der Waals surface area (Å²) >= 11 is 1.26. The summed E-state index contributed by atoms with van der Waals surface area (Å²) in [5, 5.41) is 7.00. The highest BCUT2D eigenvalue weighted by Crippen LogP contribution is 2.15. The van der Waals surface area contributed by atoms with Crippen LogP contribution in [0.2, 0.25) is 0 Å². The second-order valence-electron chi connectivity index (χ2n) is 5.81. The van der Waals surface area contributed by atoms with E-state index in [1.165, 1.54) is 17.4 Å². The van der Waals surface area contributed by atoms with Gasteiger partial charge in [0.25, 0.3) is 5.91 Å². The van der Waals surface area contributed by atoms with E-state index in [4.69, 9.17) is 0 Å². The van der Waals surface area contributed by atoms with Crippen LogP contribution in [-0.4, -0.2) is 17.9 Å². The molecule has 0 aliphatic carbocycles. The number of hydrogen-bond acceptors (Lipinski definition) is 3. The zero-order chi connectivity index (χ0) is 19.2. The summed E-state index contributed by atoms with van der Waals surface area (Å²) in [5.74, 6) is -2.95. The number of hydrogen-bond donors (Lipinski definition) is 2. The van der Waals surface area contributed by atoms with E-state index in [0.29, 0.717) is 4.88 Å². The fourth-order valence-corrected chi connectivity index (χ4v) is 3.13. The molecule has 0 radical (unpaired) electrons. The van der Waals surface area contributed by atoms with Crippen molar-refractivity contribution in [3.05, 3.63) is 88.1 Å². The van der Waals surface area contributed by atoms with Crippen molar-refractivity contribution in [3.8, 4) is 0 Å². The lowest BCUT2D eigenvalue weighted by Crippen LogP contribution is -2.45. The average molecular weight is 386 g/mol. The van der Waals surface area contributed by atoms with E-state index in [1.807, 2.05) is 30.3 Å². The molecule has 0 saturated carbocycles. The second kappa shape index (κ2) is 8.55. The van der Waals surface area contributed by atoms with Crippen LogP contribution in [-0.2, 0) is 11.2 Å². The van der Waals surface area contributed by atoms with Crippen molar-refractivity contribution in [3.63, 3.8) is 0 Å². The summed E-state index contributed by atoms with van der Waals surface area (Å²) in [5.41, 5.74) is 0.969. The van der Waals surface area contributed by atoms with Crippen LogP contribution in [0.1, 0.15) is 15.2 Å². The predicted molar refractivity (Wildman–Crippen MR) is 101 cm³/mol. The van der Waals surface area contributed by atoms with Gasteiger partial charge in [0.2, 0.25) is 5.91 Å². The lowest BCUT2D eigenvalue weighted by Gasteiger charge is -2.18. The smallest absolute Gasteiger partial charge is 0.262 e. The van der Waals surface area contributed by atoms with Crippen molar-refractivity contribution in [2.75, 3.05) is 5.32 Å². The van der Waals surface area contributed by atoms with Crippen molar-refractivity contribution < 1.29 is 18.4 Å². The minimum atomic E-state index is -1.06. The molecule has 7 heteroatoms. The van der Waals surface area contributed by atoms with Gasteiger partial charge in [-0.1, -0.05) is 36.4 Å². The van der Waals surface area contributed by atoms with Gasteiger partial charge in [-0.3, -0.25) is 9.59 Å². The van der Waals surface area contributed by atoms with Gasteiger partial charge in [0, 0.05) is 18.2 Å². The number of benzene rings is 2.